The van der Waals surface area contributed by atoms with Crippen LogP contribution in [0.1, 0.15) is 17.0 Å². The van der Waals surface area contributed by atoms with E-state index in [2.05, 4.69) is 34.2 Å². The second-order valence-corrected chi connectivity index (χ2v) is 6.78. The van der Waals surface area contributed by atoms with Crippen molar-refractivity contribution < 1.29 is 4.65 Å². The average Bonchev–Trinajstić information content (AvgIpc) is 2.80. The normalized spacial score (nSPS) is 11.1. The summed E-state index contributed by atoms with van der Waals surface area (Å²) < 4.78 is 6.64. The van der Waals surface area contributed by atoms with Crippen molar-refractivity contribution in [2.24, 2.45) is 0 Å². The summed E-state index contributed by atoms with van der Waals surface area (Å²) in [7, 11) is 0. The van der Waals surface area contributed by atoms with Crippen LogP contribution in [0.2, 0.25) is 0 Å². The van der Waals surface area contributed by atoms with Gasteiger partial charge in [-0.25, -0.2) is 0 Å². The minimum Gasteiger partial charge on any atom is -0.551 e. The monoisotopic (exact) mass is 376 g/mol. The molecule has 3 nitrogen and oxygen atoms in total. The molecule has 140 valence electrons. The third-order valence-corrected chi connectivity index (χ3v) is 4.59. The highest BCUT2D eigenvalue weighted by atomic mass is 16.4. The summed E-state index contributed by atoms with van der Waals surface area (Å²) in [5.41, 5.74) is 4.82. The Labute approximate surface area is 171 Å². The van der Waals surface area contributed by atoms with Gasteiger partial charge in [0.25, 0.3) is 0 Å². The molecule has 0 fully saturated rings. The van der Waals surface area contributed by atoms with Gasteiger partial charge >= 0.3 is 6.92 Å². The number of nitrogens with zero attached hydrogens (tertiary/aromatic N) is 2. The number of rotatable bonds is 6. The van der Waals surface area contributed by atoms with Gasteiger partial charge in [0.15, 0.2) is 0 Å². The zero-order chi connectivity index (χ0) is 19.9. The number of hydrogen-bond acceptors (Lipinski definition) is 3. The summed E-state index contributed by atoms with van der Waals surface area (Å²) in [5, 5.41) is 0. The van der Waals surface area contributed by atoms with Crippen LogP contribution < -0.4 is 10.9 Å². The van der Waals surface area contributed by atoms with Crippen LogP contribution in [0.3, 0.4) is 0 Å². The molecule has 4 rings (SSSR count). The molecular weight excluding hydrogens is 355 g/mol. The summed E-state index contributed by atoms with van der Waals surface area (Å²) >= 11 is 0. The summed E-state index contributed by atoms with van der Waals surface area (Å²) in [4.78, 5) is 8.84. The first-order valence-corrected chi connectivity index (χ1v) is 9.62. The summed E-state index contributed by atoms with van der Waals surface area (Å²) in [6.07, 6.45) is 5.47. The van der Waals surface area contributed by atoms with Crippen LogP contribution in [0, 0.1) is 6.92 Å². The van der Waals surface area contributed by atoms with Gasteiger partial charge in [-0.1, -0.05) is 91.0 Å². The maximum atomic E-state index is 6.64. The lowest BCUT2D eigenvalue weighted by atomic mass is 9.55. The molecule has 1 aromatic heterocycles. The molecule has 1 heterocycles. The minimum absolute atomic E-state index is 0.234. The van der Waals surface area contributed by atoms with Crippen molar-refractivity contribution in [3.05, 3.63) is 120 Å². The highest BCUT2D eigenvalue weighted by Gasteiger charge is 2.24. The standard InChI is InChI=1S/C25H21BN2O/c1-20-18-28-24(19-27-20)17-25(21-11-5-2-6-12-21)29-26(22-13-7-3-8-14-22)23-15-9-4-10-16-23/h2-19H,1H3/b25-17+. The van der Waals surface area contributed by atoms with Crippen LogP contribution in [0.15, 0.2) is 103 Å². The summed E-state index contributed by atoms with van der Waals surface area (Å²) in [6.45, 7) is 1.69. The second kappa shape index (κ2) is 9.02. The molecule has 4 aromatic rings. The molecule has 4 heteroatoms. The highest BCUT2D eigenvalue weighted by molar-refractivity contribution is 6.80. The first-order chi connectivity index (χ1) is 14.3. The Morgan fingerprint density at radius 1 is 0.724 bits per heavy atom. The van der Waals surface area contributed by atoms with Gasteiger partial charge in [-0.3, -0.25) is 9.97 Å². The van der Waals surface area contributed by atoms with Crippen molar-refractivity contribution >= 4 is 29.7 Å². The predicted octanol–water partition coefficient (Wildman–Crippen LogP) is 4.11. The van der Waals surface area contributed by atoms with Gasteiger partial charge in [0.05, 0.1) is 17.6 Å². The zero-order valence-electron chi connectivity index (χ0n) is 16.3. The Morgan fingerprint density at radius 3 is 1.79 bits per heavy atom. The Bertz CT molecular complexity index is 1030. The first kappa shape index (κ1) is 18.7. The summed E-state index contributed by atoms with van der Waals surface area (Å²) in [5.74, 6) is 0.751. The van der Waals surface area contributed by atoms with Crippen LogP contribution in [0.25, 0.3) is 11.8 Å². The number of aromatic nitrogens is 2. The fraction of sp³-hybridized carbons (Fsp3) is 0.0400. The molecular formula is C25H21BN2O. The molecule has 0 N–H and O–H groups in total. The summed E-state index contributed by atoms with van der Waals surface area (Å²) in [6, 6.07) is 30.6. The molecule has 0 saturated heterocycles. The van der Waals surface area contributed by atoms with Crippen molar-refractivity contribution in [3.8, 4) is 0 Å². The topological polar surface area (TPSA) is 35.0 Å². The van der Waals surface area contributed by atoms with Gasteiger partial charge in [0.2, 0.25) is 0 Å². The second-order valence-electron chi connectivity index (χ2n) is 6.78. The fourth-order valence-corrected chi connectivity index (χ4v) is 3.11. The van der Waals surface area contributed by atoms with E-state index in [1.807, 2.05) is 79.7 Å². The molecule has 0 atom stereocenters. The Kier molecular flexibility index (Phi) is 5.82. The van der Waals surface area contributed by atoms with Crippen molar-refractivity contribution in [2.45, 2.75) is 6.92 Å². The maximum Gasteiger partial charge on any atom is 0.426 e. The largest absolute Gasteiger partial charge is 0.551 e. The van der Waals surface area contributed by atoms with Crippen molar-refractivity contribution in [3.63, 3.8) is 0 Å². The average molecular weight is 376 g/mol. The van der Waals surface area contributed by atoms with Crippen molar-refractivity contribution in [1.29, 1.82) is 0 Å². The van der Waals surface area contributed by atoms with E-state index in [9.17, 15) is 0 Å². The van der Waals surface area contributed by atoms with Gasteiger partial charge < -0.3 is 4.65 Å². The van der Waals surface area contributed by atoms with Crippen molar-refractivity contribution in [1.82, 2.24) is 9.97 Å². The third kappa shape index (κ3) is 4.80. The predicted molar refractivity (Wildman–Crippen MR) is 120 cm³/mol. The lowest BCUT2D eigenvalue weighted by molar-refractivity contribution is 0.551. The van der Waals surface area contributed by atoms with Gasteiger partial charge in [0.1, 0.15) is 5.76 Å². The molecule has 0 aliphatic carbocycles. The van der Waals surface area contributed by atoms with Gasteiger partial charge in [-0.05, 0) is 17.8 Å². The van der Waals surface area contributed by atoms with Gasteiger partial charge in [-0.2, -0.15) is 0 Å². The molecule has 0 spiro atoms. The van der Waals surface area contributed by atoms with E-state index in [1.165, 1.54) is 0 Å². The van der Waals surface area contributed by atoms with E-state index >= 15 is 0 Å². The highest BCUT2D eigenvalue weighted by Crippen LogP contribution is 2.20. The van der Waals surface area contributed by atoms with E-state index < -0.39 is 0 Å². The van der Waals surface area contributed by atoms with Crippen molar-refractivity contribution in [2.75, 3.05) is 0 Å². The van der Waals surface area contributed by atoms with E-state index in [0.717, 1.165) is 33.6 Å². The first-order valence-electron chi connectivity index (χ1n) is 9.62. The lowest BCUT2D eigenvalue weighted by Gasteiger charge is -2.19. The van der Waals surface area contributed by atoms with E-state index in [0.29, 0.717) is 0 Å². The zero-order valence-corrected chi connectivity index (χ0v) is 16.3. The fourth-order valence-electron chi connectivity index (χ4n) is 3.11. The Morgan fingerprint density at radius 2 is 1.28 bits per heavy atom. The lowest BCUT2D eigenvalue weighted by Crippen LogP contribution is -2.44. The van der Waals surface area contributed by atoms with Gasteiger partial charge in [0, 0.05) is 17.8 Å². The molecule has 0 radical (unpaired) electrons. The van der Waals surface area contributed by atoms with Crippen LogP contribution in [-0.4, -0.2) is 16.9 Å². The smallest absolute Gasteiger partial charge is 0.426 e. The maximum absolute atomic E-state index is 6.64. The SMILES string of the molecule is Cc1cnc(/C=C(/OB(c2ccccc2)c2ccccc2)c2ccccc2)cn1. The van der Waals surface area contributed by atoms with E-state index in [1.54, 1.807) is 12.4 Å². The molecule has 0 saturated carbocycles. The Balaban J connectivity index is 1.77. The number of hydrogen-bond donors (Lipinski definition) is 0. The molecule has 3 aromatic carbocycles. The van der Waals surface area contributed by atoms with Gasteiger partial charge in [-0.15, -0.1) is 0 Å². The van der Waals surface area contributed by atoms with Crippen LogP contribution >= 0.6 is 0 Å². The Hall–Kier alpha value is -3.66. The number of benzene rings is 3. The third-order valence-electron chi connectivity index (χ3n) is 4.59. The number of aryl methyl sites for hydroxylation is 1. The molecule has 0 aliphatic rings. The quantitative estimate of drug-likeness (QED) is 0.375. The van der Waals surface area contributed by atoms with Crippen LogP contribution in [0.5, 0.6) is 0 Å². The molecule has 0 bridgehead atoms. The minimum atomic E-state index is -0.234. The van der Waals surface area contributed by atoms with E-state index in [-0.39, 0.29) is 6.92 Å². The van der Waals surface area contributed by atoms with Crippen LogP contribution in [0.4, 0.5) is 0 Å². The van der Waals surface area contributed by atoms with Crippen LogP contribution in [-0.2, 0) is 4.65 Å². The molecule has 29 heavy (non-hydrogen) atoms. The molecule has 0 unspecified atom stereocenters. The molecule has 0 aliphatic heterocycles. The molecule has 0 amide bonds. The van der Waals surface area contributed by atoms with E-state index in [4.69, 9.17) is 4.65 Å².